The van der Waals surface area contributed by atoms with Crippen LogP contribution >= 0.6 is 0 Å². The van der Waals surface area contributed by atoms with Gasteiger partial charge in [-0.25, -0.2) is 0 Å². The lowest BCUT2D eigenvalue weighted by Gasteiger charge is -2.21. The maximum Gasteiger partial charge on any atom is 0.0645 e. The predicted octanol–water partition coefficient (Wildman–Crippen LogP) is 4.55. The molecule has 0 fully saturated rings. The summed E-state index contributed by atoms with van der Waals surface area (Å²) < 4.78 is 5.55. The minimum Gasteiger partial charge on any atom is -0.380 e. The summed E-state index contributed by atoms with van der Waals surface area (Å²) in [5.74, 6) is 1.54. The maximum absolute atomic E-state index is 8.44. The minimum absolute atomic E-state index is 0.517. The number of nitriles is 1. The van der Waals surface area contributed by atoms with Crippen molar-refractivity contribution in [2.24, 2.45) is 11.8 Å². The Morgan fingerprint density at radius 2 is 1.82 bits per heavy atom. The van der Waals surface area contributed by atoms with E-state index in [2.05, 4.69) is 26.8 Å². The first-order valence-corrected chi connectivity index (χ1v) is 7.23. The molecule has 0 radical (unpaired) electrons. The molecule has 0 heterocycles. The highest BCUT2D eigenvalue weighted by molar-refractivity contribution is 4.68. The van der Waals surface area contributed by atoms with Crippen molar-refractivity contribution in [2.75, 3.05) is 13.2 Å². The van der Waals surface area contributed by atoms with Gasteiger partial charge in [0.05, 0.1) is 19.1 Å². The van der Waals surface area contributed by atoms with E-state index in [1.54, 1.807) is 0 Å². The van der Waals surface area contributed by atoms with Crippen LogP contribution in [-0.2, 0) is 4.74 Å². The van der Waals surface area contributed by atoms with Gasteiger partial charge in [0.15, 0.2) is 0 Å². The smallest absolute Gasteiger partial charge is 0.0645 e. The Labute approximate surface area is 107 Å². The van der Waals surface area contributed by atoms with Gasteiger partial charge < -0.3 is 4.74 Å². The van der Waals surface area contributed by atoms with Crippen molar-refractivity contribution in [1.29, 1.82) is 5.26 Å². The van der Waals surface area contributed by atoms with Gasteiger partial charge in [-0.05, 0) is 18.3 Å². The second-order valence-corrected chi connectivity index (χ2v) is 4.91. The van der Waals surface area contributed by atoms with Gasteiger partial charge in [0, 0.05) is 6.61 Å². The fourth-order valence-corrected chi connectivity index (χ4v) is 2.17. The number of unbranched alkanes of at least 4 members (excludes halogenated alkanes) is 1. The van der Waals surface area contributed by atoms with Crippen LogP contribution in [0.3, 0.4) is 0 Å². The van der Waals surface area contributed by atoms with Gasteiger partial charge in [-0.15, -0.1) is 0 Å². The number of nitrogens with zero attached hydrogens (tertiary/aromatic N) is 1. The van der Waals surface area contributed by atoms with Crippen LogP contribution in [0.1, 0.15) is 65.7 Å². The van der Waals surface area contributed by atoms with Crippen LogP contribution in [0.5, 0.6) is 0 Å². The SMILES string of the molecule is CCCC[C@H](CC)C[C@H](CC)COCCC#N. The second-order valence-electron chi connectivity index (χ2n) is 4.91. The fraction of sp³-hybridized carbons (Fsp3) is 0.933. The average molecular weight is 239 g/mol. The molecule has 0 unspecified atom stereocenters. The van der Waals surface area contributed by atoms with E-state index in [0.717, 1.165) is 12.5 Å². The Morgan fingerprint density at radius 3 is 2.35 bits per heavy atom. The lowest BCUT2D eigenvalue weighted by atomic mass is 9.88. The topological polar surface area (TPSA) is 33.0 Å². The highest BCUT2D eigenvalue weighted by atomic mass is 16.5. The van der Waals surface area contributed by atoms with Crippen molar-refractivity contribution in [1.82, 2.24) is 0 Å². The van der Waals surface area contributed by atoms with E-state index in [0.29, 0.717) is 18.9 Å². The molecule has 2 heteroatoms. The summed E-state index contributed by atoms with van der Waals surface area (Å²) in [5.41, 5.74) is 0. The van der Waals surface area contributed by atoms with Gasteiger partial charge in [-0.3, -0.25) is 0 Å². The minimum atomic E-state index is 0.517. The molecule has 0 bridgehead atoms. The maximum atomic E-state index is 8.44. The zero-order valence-corrected chi connectivity index (χ0v) is 11.9. The first-order chi connectivity index (χ1) is 8.28. The number of rotatable bonds is 11. The van der Waals surface area contributed by atoms with E-state index in [9.17, 15) is 0 Å². The van der Waals surface area contributed by atoms with E-state index in [1.165, 1.54) is 38.5 Å². The molecule has 2 atom stereocenters. The molecule has 17 heavy (non-hydrogen) atoms. The first-order valence-electron chi connectivity index (χ1n) is 7.23. The Balaban J connectivity index is 3.79. The van der Waals surface area contributed by atoms with Crippen molar-refractivity contribution in [2.45, 2.75) is 65.7 Å². The summed E-state index contributed by atoms with van der Waals surface area (Å²) in [4.78, 5) is 0. The van der Waals surface area contributed by atoms with E-state index in [-0.39, 0.29) is 0 Å². The first kappa shape index (κ1) is 16.4. The fourth-order valence-electron chi connectivity index (χ4n) is 2.17. The van der Waals surface area contributed by atoms with E-state index in [1.807, 2.05) is 0 Å². The van der Waals surface area contributed by atoms with E-state index in [4.69, 9.17) is 10.00 Å². The molecule has 0 saturated carbocycles. The van der Waals surface area contributed by atoms with Crippen LogP contribution in [0, 0.1) is 23.2 Å². The van der Waals surface area contributed by atoms with Crippen molar-refractivity contribution < 1.29 is 4.74 Å². The Bertz CT molecular complexity index is 198. The van der Waals surface area contributed by atoms with Gasteiger partial charge >= 0.3 is 0 Å². The molecule has 100 valence electrons. The Hall–Kier alpha value is -0.550. The van der Waals surface area contributed by atoms with Crippen LogP contribution < -0.4 is 0 Å². The summed E-state index contributed by atoms with van der Waals surface area (Å²) in [6, 6.07) is 2.11. The van der Waals surface area contributed by atoms with Gasteiger partial charge in [0.2, 0.25) is 0 Å². The van der Waals surface area contributed by atoms with Crippen molar-refractivity contribution >= 4 is 0 Å². The van der Waals surface area contributed by atoms with Gasteiger partial charge in [0.25, 0.3) is 0 Å². The van der Waals surface area contributed by atoms with Crippen molar-refractivity contribution in [3.8, 4) is 6.07 Å². The summed E-state index contributed by atoms with van der Waals surface area (Å²) in [6.07, 6.45) is 8.30. The number of ether oxygens (including phenoxy) is 1. The molecule has 0 saturated heterocycles. The van der Waals surface area contributed by atoms with Gasteiger partial charge in [-0.1, -0.05) is 52.9 Å². The molecule has 0 aliphatic heterocycles. The molecule has 0 aromatic carbocycles. The lowest BCUT2D eigenvalue weighted by Crippen LogP contribution is -2.14. The molecule has 2 nitrogen and oxygen atoms in total. The quantitative estimate of drug-likeness (QED) is 0.496. The zero-order chi connectivity index (χ0) is 12.9. The monoisotopic (exact) mass is 239 g/mol. The summed E-state index contributed by atoms with van der Waals surface area (Å²) in [5, 5.41) is 8.44. The highest BCUT2D eigenvalue weighted by Gasteiger charge is 2.13. The van der Waals surface area contributed by atoms with Crippen LogP contribution in [0.2, 0.25) is 0 Å². The van der Waals surface area contributed by atoms with E-state index < -0.39 is 0 Å². The third kappa shape index (κ3) is 9.18. The normalized spacial score (nSPS) is 14.2. The number of hydrogen-bond acceptors (Lipinski definition) is 2. The molecule has 0 aliphatic rings. The average Bonchev–Trinajstić information content (AvgIpc) is 2.37. The summed E-state index contributed by atoms with van der Waals surface area (Å²) in [7, 11) is 0. The molecule has 0 aromatic heterocycles. The molecule has 0 N–H and O–H groups in total. The van der Waals surface area contributed by atoms with Crippen molar-refractivity contribution in [3.05, 3.63) is 0 Å². The standard InChI is InChI=1S/C15H29NO/c1-4-7-9-14(5-2)12-15(6-3)13-17-11-8-10-16/h14-15H,4-9,11-13H2,1-3H3/t14-,15-/m0/s1. The number of hydrogen-bond donors (Lipinski definition) is 0. The van der Waals surface area contributed by atoms with Crippen LogP contribution in [0.25, 0.3) is 0 Å². The molecule has 0 aromatic rings. The van der Waals surface area contributed by atoms with Gasteiger partial charge in [-0.2, -0.15) is 5.26 Å². The van der Waals surface area contributed by atoms with Crippen LogP contribution in [0.4, 0.5) is 0 Å². The third-order valence-electron chi connectivity index (χ3n) is 3.50. The molecular formula is C15H29NO. The second kappa shape index (κ2) is 11.9. The molecule has 0 amide bonds. The molecular weight excluding hydrogens is 210 g/mol. The Kier molecular flexibility index (Phi) is 11.5. The highest BCUT2D eigenvalue weighted by Crippen LogP contribution is 2.23. The summed E-state index contributed by atoms with van der Waals surface area (Å²) >= 11 is 0. The summed E-state index contributed by atoms with van der Waals surface area (Å²) in [6.45, 7) is 8.23. The van der Waals surface area contributed by atoms with Crippen LogP contribution in [-0.4, -0.2) is 13.2 Å². The van der Waals surface area contributed by atoms with E-state index >= 15 is 0 Å². The van der Waals surface area contributed by atoms with Crippen LogP contribution in [0.15, 0.2) is 0 Å². The largest absolute Gasteiger partial charge is 0.380 e. The molecule has 0 aliphatic carbocycles. The third-order valence-corrected chi connectivity index (χ3v) is 3.50. The molecule has 0 rings (SSSR count). The Morgan fingerprint density at radius 1 is 1.12 bits per heavy atom. The predicted molar refractivity (Wildman–Crippen MR) is 72.8 cm³/mol. The molecule has 0 spiro atoms. The van der Waals surface area contributed by atoms with Gasteiger partial charge in [0.1, 0.15) is 0 Å². The van der Waals surface area contributed by atoms with Crippen molar-refractivity contribution in [3.63, 3.8) is 0 Å². The lowest BCUT2D eigenvalue weighted by molar-refractivity contribution is 0.0909. The zero-order valence-electron chi connectivity index (χ0n) is 11.9.